The van der Waals surface area contributed by atoms with Crippen LogP contribution in [0.3, 0.4) is 0 Å². The zero-order valence-electron chi connectivity index (χ0n) is 13.9. The van der Waals surface area contributed by atoms with E-state index in [1.165, 1.54) is 0 Å². The molecule has 0 bridgehead atoms. The summed E-state index contributed by atoms with van der Waals surface area (Å²) in [4.78, 5) is 28.7. The molecule has 0 N–H and O–H groups in total. The molecule has 1 aliphatic heterocycles. The third kappa shape index (κ3) is 3.48. The predicted octanol–water partition coefficient (Wildman–Crippen LogP) is 3.09. The van der Waals surface area contributed by atoms with Crippen molar-refractivity contribution in [2.75, 3.05) is 18.0 Å². The van der Waals surface area contributed by atoms with Crippen molar-refractivity contribution in [3.63, 3.8) is 0 Å². The van der Waals surface area contributed by atoms with Gasteiger partial charge in [0.15, 0.2) is 0 Å². The van der Waals surface area contributed by atoms with Crippen molar-refractivity contribution in [1.82, 2.24) is 4.90 Å². The number of anilines is 1. The minimum atomic E-state index is -0.263. The molecule has 0 unspecified atom stereocenters. The molecule has 2 aromatic rings. The fourth-order valence-corrected chi connectivity index (χ4v) is 3.13. The zero-order chi connectivity index (χ0) is 16.9. The Balaban J connectivity index is 1.84. The minimum absolute atomic E-state index is 0.0225. The van der Waals surface area contributed by atoms with Gasteiger partial charge < -0.3 is 9.80 Å². The molecule has 0 aliphatic carbocycles. The number of likely N-dealkylation sites (tertiary alicyclic amines) is 1. The smallest absolute Gasteiger partial charge is 0.232 e. The van der Waals surface area contributed by atoms with Gasteiger partial charge in [-0.15, -0.1) is 0 Å². The van der Waals surface area contributed by atoms with E-state index in [9.17, 15) is 9.59 Å². The quantitative estimate of drug-likeness (QED) is 0.849. The SMILES string of the molecule is CCN1C[C@H](C(=O)N(Cc2ccccc2)c2ccccc2)CC1=O. The summed E-state index contributed by atoms with van der Waals surface area (Å²) >= 11 is 0. The molecule has 1 heterocycles. The van der Waals surface area contributed by atoms with E-state index in [0.29, 0.717) is 26.1 Å². The van der Waals surface area contributed by atoms with Crippen LogP contribution in [0.4, 0.5) is 5.69 Å². The fourth-order valence-electron chi connectivity index (χ4n) is 3.13. The van der Waals surface area contributed by atoms with Gasteiger partial charge in [-0.3, -0.25) is 9.59 Å². The molecular formula is C20H22N2O2. The van der Waals surface area contributed by atoms with Crippen molar-refractivity contribution in [2.24, 2.45) is 5.92 Å². The van der Waals surface area contributed by atoms with Crippen molar-refractivity contribution >= 4 is 17.5 Å². The molecule has 1 fully saturated rings. The Hall–Kier alpha value is -2.62. The van der Waals surface area contributed by atoms with Crippen LogP contribution in [-0.4, -0.2) is 29.8 Å². The second-order valence-electron chi connectivity index (χ2n) is 6.08. The van der Waals surface area contributed by atoms with E-state index in [1.807, 2.05) is 67.6 Å². The second-order valence-corrected chi connectivity index (χ2v) is 6.08. The summed E-state index contributed by atoms with van der Waals surface area (Å²) < 4.78 is 0. The first-order valence-electron chi connectivity index (χ1n) is 8.37. The lowest BCUT2D eigenvalue weighted by Crippen LogP contribution is -2.37. The van der Waals surface area contributed by atoms with E-state index in [4.69, 9.17) is 0 Å². The van der Waals surface area contributed by atoms with Gasteiger partial charge in [-0.25, -0.2) is 0 Å². The summed E-state index contributed by atoms with van der Waals surface area (Å²) in [6.45, 7) is 3.64. The van der Waals surface area contributed by atoms with E-state index in [1.54, 1.807) is 9.80 Å². The van der Waals surface area contributed by atoms with Crippen LogP contribution in [0, 0.1) is 5.92 Å². The third-order valence-electron chi connectivity index (χ3n) is 4.46. The van der Waals surface area contributed by atoms with Crippen LogP contribution >= 0.6 is 0 Å². The van der Waals surface area contributed by atoms with E-state index in [2.05, 4.69) is 0 Å². The van der Waals surface area contributed by atoms with Gasteiger partial charge in [-0.05, 0) is 24.6 Å². The number of carbonyl (C=O) groups is 2. The predicted molar refractivity (Wildman–Crippen MR) is 94.4 cm³/mol. The van der Waals surface area contributed by atoms with Crippen LogP contribution in [0.5, 0.6) is 0 Å². The van der Waals surface area contributed by atoms with Gasteiger partial charge in [0.2, 0.25) is 11.8 Å². The number of hydrogen-bond acceptors (Lipinski definition) is 2. The fraction of sp³-hybridized carbons (Fsp3) is 0.300. The third-order valence-corrected chi connectivity index (χ3v) is 4.46. The van der Waals surface area contributed by atoms with Gasteiger partial charge >= 0.3 is 0 Å². The molecular weight excluding hydrogens is 300 g/mol. The minimum Gasteiger partial charge on any atom is -0.342 e. The summed E-state index contributed by atoms with van der Waals surface area (Å²) in [5, 5.41) is 0. The van der Waals surface area contributed by atoms with Crippen molar-refractivity contribution in [1.29, 1.82) is 0 Å². The molecule has 1 aliphatic rings. The maximum absolute atomic E-state index is 13.1. The van der Waals surface area contributed by atoms with E-state index >= 15 is 0 Å². The van der Waals surface area contributed by atoms with Gasteiger partial charge in [0.1, 0.15) is 0 Å². The Kier molecular flexibility index (Phi) is 4.94. The Morgan fingerprint density at radius 2 is 1.71 bits per heavy atom. The standard InChI is InChI=1S/C20H22N2O2/c1-2-21-15-17(13-19(21)23)20(24)22(18-11-7-4-8-12-18)14-16-9-5-3-6-10-16/h3-12,17H,2,13-15H2,1H3/t17-/m1/s1. The Morgan fingerprint density at radius 3 is 2.29 bits per heavy atom. The molecule has 24 heavy (non-hydrogen) atoms. The van der Waals surface area contributed by atoms with E-state index in [0.717, 1.165) is 11.3 Å². The monoisotopic (exact) mass is 322 g/mol. The molecule has 2 aromatic carbocycles. The highest BCUT2D eigenvalue weighted by atomic mass is 16.2. The normalized spacial score (nSPS) is 17.1. The molecule has 2 amide bonds. The van der Waals surface area contributed by atoms with Gasteiger partial charge in [-0.1, -0.05) is 48.5 Å². The van der Waals surface area contributed by atoms with Crippen molar-refractivity contribution in [3.05, 3.63) is 66.2 Å². The number of para-hydroxylation sites is 1. The first kappa shape index (κ1) is 16.2. The second kappa shape index (κ2) is 7.30. The largest absolute Gasteiger partial charge is 0.342 e. The Morgan fingerprint density at radius 1 is 1.08 bits per heavy atom. The molecule has 1 saturated heterocycles. The summed E-state index contributed by atoms with van der Waals surface area (Å²) in [6.07, 6.45) is 0.310. The van der Waals surface area contributed by atoms with Crippen LogP contribution in [0.2, 0.25) is 0 Å². The van der Waals surface area contributed by atoms with E-state index in [-0.39, 0.29) is 17.7 Å². The number of hydrogen-bond donors (Lipinski definition) is 0. The van der Waals surface area contributed by atoms with E-state index < -0.39 is 0 Å². The number of nitrogens with zero attached hydrogens (tertiary/aromatic N) is 2. The number of rotatable bonds is 5. The van der Waals surface area contributed by atoms with Crippen LogP contribution in [-0.2, 0) is 16.1 Å². The average molecular weight is 322 g/mol. The Bertz CT molecular complexity index is 700. The molecule has 0 spiro atoms. The van der Waals surface area contributed by atoms with Crippen LogP contribution in [0.25, 0.3) is 0 Å². The lowest BCUT2D eigenvalue weighted by molar-refractivity contribution is -0.128. The molecule has 4 heteroatoms. The molecule has 1 atom stereocenters. The maximum Gasteiger partial charge on any atom is 0.232 e. The van der Waals surface area contributed by atoms with Crippen molar-refractivity contribution in [3.8, 4) is 0 Å². The average Bonchev–Trinajstić information content (AvgIpc) is 3.01. The molecule has 4 nitrogen and oxygen atoms in total. The van der Waals surface area contributed by atoms with Gasteiger partial charge in [0, 0.05) is 25.2 Å². The van der Waals surface area contributed by atoms with Gasteiger partial charge in [0.05, 0.1) is 12.5 Å². The molecule has 3 rings (SSSR count). The highest BCUT2D eigenvalue weighted by molar-refractivity contribution is 5.99. The maximum atomic E-state index is 13.1. The summed E-state index contributed by atoms with van der Waals surface area (Å²) in [6, 6.07) is 19.6. The van der Waals surface area contributed by atoms with Crippen LogP contribution in [0.1, 0.15) is 18.9 Å². The molecule has 0 radical (unpaired) electrons. The highest BCUT2D eigenvalue weighted by Gasteiger charge is 2.36. The number of carbonyl (C=O) groups excluding carboxylic acids is 2. The van der Waals surface area contributed by atoms with Crippen molar-refractivity contribution < 1.29 is 9.59 Å². The topological polar surface area (TPSA) is 40.6 Å². The summed E-state index contributed by atoms with van der Waals surface area (Å²) in [7, 11) is 0. The first-order valence-corrected chi connectivity index (χ1v) is 8.37. The van der Waals surface area contributed by atoms with Crippen LogP contribution in [0.15, 0.2) is 60.7 Å². The summed E-state index contributed by atoms with van der Waals surface area (Å²) in [5.74, 6) is -0.167. The molecule has 124 valence electrons. The zero-order valence-corrected chi connectivity index (χ0v) is 13.9. The summed E-state index contributed by atoms with van der Waals surface area (Å²) in [5.41, 5.74) is 1.94. The lowest BCUT2D eigenvalue weighted by Gasteiger charge is -2.26. The van der Waals surface area contributed by atoms with Crippen LogP contribution < -0.4 is 4.90 Å². The number of amides is 2. The van der Waals surface area contributed by atoms with Crippen molar-refractivity contribution in [2.45, 2.75) is 19.9 Å². The first-order chi connectivity index (χ1) is 11.7. The molecule has 0 aromatic heterocycles. The Labute approximate surface area is 142 Å². The molecule has 0 saturated carbocycles. The lowest BCUT2D eigenvalue weighted by atomic mass is 10.1. The number of benzene rings is 2. The highest BCUT2D eigenvalue weighted by Crippen LogP contribution is 2.25. The van der Waals surface area contributed by atoms with Gasteiger partial charge in [0.25, 0.3) is 0 Å². The van der Waals surface area contributed by atoms with Gasteiger partial charge in [-0.2, -0.15) is 0 Å².